The van der Waals surface area contributed by atoms with Crippen LogP contribution in [0, 0.1) is 17.8 Å². The van der Waals surface area contributed by atoms with Crippen molar-refractivity contribution < 1.29 is 9.90 Å². The van der Waals surface area contributed by atoms with Crippen molar-refractivity contribution in [1.82, 2.24) is 5.32 Å². The minimum absolute atomic E-state index is 0.0412. The molecule has 0 spiro atoms. The lowest BCUT2D eigenvalue weighted by Gasteiger charge is -2.22. The van der Waals surface area contributed by atoms with Gasteiger partial charge in [0.25, 0.3) is 0 Å². The van der Waals surface area contributed by atoms with Crippen molar-refractivity contribution in [2.24, 2.45) is 5.41 Å². The first-order valence-corrected chi connectivity index (χ1v) is 3.81. The van der Waals surface area contributed by atoms with E-state index in [1.165, 1.54) is 0 Å². The van der Waals surface area contributed by atoms with Gasteiger partial charge < -0.3 is 10.4 Å². The summed E-state index contributed by atoms with van der Waals surface area (Å²) in [6.07, 6.45) is 4.73. The second-order valence-electron chi connectivity index (χ2n) is 3.93. The van der Waals surface area contributed by atoms with Gasteiger partial charge in [-0.2, -0.15) is 0 Å². The lowest BCUT2D eigenvalue weighted by atomic mass is 9.88. The van der Waals surface area contributed by atoms with Gasteiger partial charge in [-0.25, -0.2) is 4.79 Å². The SMILES string of the molecule is C#C[C@@H](CC(C)(C)C)NC(=O)O. The number of carboxylic acid groups (broad SMARTS) is 1. The molecule has 0 heterocycles. The van der Waals surface area contributed by atoms with Gasteiger partial charge >= 0.3 is 6.09 Å². The average Bonchev–Trinajstić information content (AvgIpc) is 1.82. The molecule has 0 radical (unpaired) electrons. The molecule has 0 unspecified atom stereocenters. The van der Waals surface area contributed by atoms with Gasteiger partial charge in [0.05, 0.1) is 6.04 Å². The van der Waals surface area contributed by atoms with Gasteiger partial charge in [-0.1, -0.05) is 26.7 Å². The van der Waals surface area contributed by atoms with Gasteiger partial charge in [-0.05, 0) is 11.8 Å². The van der Waals surface area contributed by atoms with Crippen molar-refractivity contribution in [3.8, 4) is 12.3 Å². The van der Waals surface area contributed by atoms with E-state index in [0.29, 0.717) is 6.42 Å². The Morgan fingerprint density at radius 1 is 1.67 bits per heavy atom. The number of terminal acetylenes is 1. The molecule has 0 aromatic rings. The van der Waals surface area contributed by atoms with E-state index in [2.05, 4.69) is 11.2 Å². The first-order valence-electron chi connectivity index (χ1n) is 3.81. The summed E-state index contributed by atoms with van der Waals surface area (Å²) in [5.41, 5.74) is 0.0412. The molecule has 0 aromatic carbocycles. The molecule has 0 aliphatic carbocycles. The van der Waals surface area contributed by atoms with E-state index in [4.69, 9.17) is 11.5 Å². The summed E-state index contributed by atoms with van der Waals surface area (Å²) in [5, 5.41) is 10.7. The maximum Gasteiger partial charge on any atom is 0.405 e. The van der Waals surface area contributed by atoms with Crippen LogP contribution in [0.25, 0.3) is 0 Å². The second-order valence-corrected chi connectivity index (χ2v) is 3.93. The monoisotopic (exact) mass is 169 g/mol. The Balaban J connectivity index is 4.03. The molecule has 0 bridgehead atoms. The maximum atomic E-state index is 10.2. The summed E-state index contributed by atoms with van der Waals surface area (Å²) < 4.78 is 0. The molecule has 2 N–H and O–H groups in total. The Bertz CT molecular complexity index is 198. The summed E-state index contributed by atoms with van der Waals surface area (Å²) in [6, 6.07) is -0.387. The molecule has 0 aromatic heterocycles. The minimum atomic E-state index is -1.07. The molecule has 0 fully saturated rings. The van der Waals surface area contributed by atoms with Crippen molar-refractivity contribution in [2.45, 2.75) is 33.2 Å². The fourth-order valence-corrected chi connectivity index (χ4v) is 0.913. The summed E-state index contributed by atoms with van der Waals surface area (Å²) in [4.78, 5) is 10.2. The molecule has 3 heteroatoms. The normalized spacial score (nSPS) is 13.2. The molecule has 68 valence electrons. The molecular weight excluding hydrogens is 154 g/mol. The maximum absolute atomic E-state index is 10.2. The molecule has 0 rings (SSSR count). The van der Waals surface area contributed by atoms with E-state index < -0.39 is 6.09 Å². The molecule has 1 amide bonds. The van der Waals surface area contributed by atoms with Crippen molar-refractivity contribution in [3.05, 3.63) is 0 Å². The highest BCUT2D eigenvalue weighted by Gasteiger charge is 2.17. The van der Waals surface area contributed by atoms with E-state index in [1.807, 2.05) is 20.8 Å². The molecule has 0 saturated carbocycles. The number of hydrogen-bond donors (Lipinski definition) is 2. The fourth-order valence-electron chi connectivity index (χ4n) is 0.913. The smallest absolute Gasteiger partial charge is 0.405 e. The van der Waals surface area contributed by atoms with E-state index in [9.17, 15) is 4.79 Å². The average molecular weight is 169 g/mol. The van der Waals surface area contributed by atoms with Crippen LogP contribution < -0.4 is 5.32 Å². The Hall–Kier alpha value is -1.17. The highest BCUT2D eigenvalue weighted by Crippen LogP contribution is 2.20. The van der Waals surface area contributed by atoms with Crippen LogP contribution in [0.3, 0.4) is 0 Å². The van der Waals surface area contributed by atoms with Crippen molar-refractivity contribution in [3.63, 3.8) is 0 Å². The van der Waals surface area contributed by atoms with Gasteiger partial charge in [0.2, 0.25) is 0 Å². The number of amides is 1. The predicted molar refractivity (Wildman–Crippen MR) is 47.9 cm³/mol. The first kappa shape index (κ1) is 10.8. The molecule has 3 nitrogen and oxygen atoms in total. The highest BCUT2D eigenvalue weighted by molar-refractivity contribution is 5.65. The Morgan fingerprint density at radius 2 is 2.17 bits per heavy atom. The Labute approximate surface area is 73.2 Å². The van der Waals surface area contributed by atoms with E-state index in [-0.39, 0.29) is 11.5 Å². The zero-order chi connectivity index (χ0) is 9.78. The van der Waals surface area contributed by atoms with E-state index in [1.54, 1.807) is 0 Å². The van der Waals surface area contributed by atoms with Crippen molar-refractivity contribution >= 4 is 6.09 Å². The van der Waals surface area contributed by atoms with Crippen LogP contribution in [0.1, 0.15) is 27.2 Å². The Morgan fingerprint density at radius 3 is 2.42 bits per heavy atom. The lowest BCUT2D eigenvalue weighted by molar-refractivity contribution is 0.189. The van der Waals surface area contributed by atoms with Crippen LogP contribution in [-0.2, 0) is 0 Å². The van der Waals surface area contributed by atoms with Gasteiger partial charge in [-0.15, -0.1) is 6.42 Å². The van der Waals surface area contributed by atoms with Crippen LogP contribution in [0.5, 0.6) is 0 Å². The molecule has 1 atom stereocenters. The molecule has 0 aliphatic heterocycles. The third kappa shape index (κ3) is 5.60. The quantitative estimate of drug-likeness (QED) is 0.618. The molecular formula is C9H15NO2. The number of hydrogen-bond acceptors (Lipinski definition) is 1. The zero-order valence-electron chi connectivity index (χ0n) is 7.72. The van der Waals surface area contributed by atoms with Gasteiger partial charge in [-0.3, -0.25) is 0 Å². The minimum Gasteiger partial charge on any atom is -0.465 e. The molecule has 0 aliphatic rings. The fraction of sp³-hybridized carbons (Fsp3) is 0.667. The highest BCUT2D eigenvalue weighted by atomic mass is 16.4. The number of rotatable bonds is 2. The summed E-state index contributed by atoms with van der Waals surface area (Å²) in [7, 11) is 0. The Kier molecular flexibility index (Phi) is 3.62. The largest absolute Gasteiger partial charge is 0.465 e. The molecule has 0 saturated heterocycles. The molecule has 12 heavy (non-hydrogen) atoms. The van der Waals surface area contributed by atoms with Gasteiger partial charge in [0, 0.05) is 0 Å². The van der Waals surface area contributed by atoms with Crippen LogP contribution in [-0.4, -0.2) is 17.2 Å². The lowest BCUT2D eigenvalue weighted by Crippen LogP contribution is -2.35. The standard InChI is InChI=1S/C9H15NO2/c1-5-7(10-8(11)12)6-9(2,3)4/h1,7,10H,6H2,2-4H3,(H,11,12)/t7-/m0/s1. The van der Waals surface area contributed by atoms with Crippen LogP contribution in [0.4, 0.5) is 4.79 Å². The number of nitrogens with one attached hydrogen (secondary N) is 1. The van der Waals surface area contributed by atoms with Crippen LogP contribution in [0.2, 0.25) is 0 Å². The van der Waals surface area contributed by atoms with Crippen LogP contribution >= 0.6 is 0 Å². The van der Waals surface area contributed by atoms with E-state index >= 15 is 0 Å². The summed E-state index contributed by atoms with van der Waals surface area (Å²) in [5.74, 6) is 2.40. The van der Waals surface area contributed by atoms with Crippen LogP contribution in [0.15, 0.2) is 0 Å². The zero-order valence-corrected chi connectivity index (χ0v) is 7.72. The third-order valence-electron chi connectivity index (χ3n) is 1.32. The van der Waals surface area contributed by atoms with Crippen molar-refractivity contribution in [2.75, 3.05) is 0 Å². The van der Waals surface area contributed by atoms with Gasteiger partial charge in [0.15, 0.2) is 0 Å². The summed E-state index contributed by atoms with van der Waals surface area (Å²) >= 11 is 0. The predicted octanol–water partition coefficient (Wildman–Crippen LogP) is 1.69. The first-order chi connectivity index (χ1) is 5.35. The van der Waals surface area contributed by atoms with E-state index in [0.717, 1.165) is 0 Å². The van der Waals surface area contributed by atoms with Crippen molar-refractivity contribution in [1.29, 1.82) is 0 Å². The second kappa shape index (κ2) is 4.01. The van der Waals surface area contributed by atoms with Gasteiger partial charge in [0.1, 0.15) is 0 Å². The summed E-state index contributed by atoms with van der Waals surface area (Å²) in [6.45, 7) is 6.04. The topological polar surface area (TPSA) is 49.3 Å². The number of carbonyl (C=O) groups is 1. The third-order valence-corrected chi connectivity index (χ3v) is 1.32.